The van der Waals surface area contributed by atoms with Crippen LogP contribution in [0.4, 0.5) is 4.79 Å². The average molecular weight is 576 g/mol. The fraction of sp³-hybridized carbons (Fsp3) is 0.394. The van der Waals surface area contributed by atoms with E-state index >= 15 is 0 Å². The first-order valence-corrected chi connectivity index (χ1v) is 14.9. The zero-order valence-corrected chi connectivity index (χ0v) is 24.3. The van der Waals surface area contributed by atoms with E-state index in [1.54, 1.807) is 4.90 Å². The van der Waals surface area contributed by atoms with E-state index in [2.05, 4.69) is 22.3 Å². The topological polar surface area (TPSA) is 71.1 Å². The van der Waals surface area contributed by atoms with Crippen LogP contribution < -0.4 is 10.1 Å². The first-order valence-electron chi connectivity index (χ1n) is 14.5. The number of hydrogen-bond acceptors (Lipinski definition) is 5. The number of hydrogen-bond donors (Lipinski definition) is 1. The highest BCUT2D eigenvalue weighted by molar-refractivity contribution is 6.32. The summed E-state index contributed by atoms with van der Waals surface area (Å²) in [7, 11) is 0. The minimum Gasteiger partial charge on any atom is -0.456 e. The third-order valence-electron chi connectivity index (χ3n) is 8.20. The van der Waals surface area contributed by atoms with E-state index < -0.39 is 5.41 Å². The number of halogens is 1. The summed E-state index contributed by atoms with van der Waals surface area (Å²) in [4.78, 5) is 30.3. The molecule has 0 bridgehead atoms. The Kier molecular flexibility index (Phi) is 9.47. The maximum atomic E-state index is 13.9. The van der Waals surface area contributed by atoms with E-state index in [0.29, 0.717) is 43.3 Å². The lowest BCUT2D eigenvalue weighted by molar-refractivity contribution is -0.129. The number of para-hydroxylation sites is 1. The summed E-state index contributed by atoms with van der Waals surface area (Å²) in [5.74, 6) is 1.47. The van der Waals surface area contributed by atoms with Gasteiger partial charge in [0.1, 0.15) is 11.5 Å². The Morgan fingerprint density at radius 1 is 0.927 bits per heavy atom. The van der Waals surface area contributed by atoms with E-state index in [-0.39, 0.29) is 18.0 Å². The molecule has 3 aromatic rings. The molecule has 0 unspecified atom stereocenters. The first-order chi connectivity index (χ1) is 20.0. The van der Waals surface area contributed by atoms with Gasteiger partial charge in [0.25, 0.3) is 0 Å². The normalized spacial score (nSPS) is 17.6. The van der Waals surface area contributed by atoms with Crippen LogP contribution in [0.5, 0.6) is 11.5 Å². The predicted octanol–water partition coefficient (Wildman–Crippen LogP) is 6.40. The molecule has 0 aromatic heterocycles. The van der Waals surface area contributed by atoms with Crippen LogP contribution in [0.2, 0.25) is 5.02 Å². The number of carbonyl (C=O) groups is 2. The summed E-state index contributed by atoms with van der Waals surface area (Å²) in [5.41, 5.74) is 1.54. The van der Waals surface area contributed by atoms with Gasteiger partial charge in [-0.05, 0) is 68.0 Å². The van der Waals surface area contributed by atoms with Gasteiger partial charge in [-0.2, -0.15) is 0 Å². The Hall–Kier alpha value is -3.55. The van der Waals surface area contributed by atoms with Gasteiger partial charge >= 0.3 is 6.09 Å². The molecule has 0 radical (unpaired) electrons. The number of carbonyl (C=O) groups excluding carboxylic acids is 2. The highest BCUT2D eigenvalue weighted by Gasteiger charge is 2.44. The number of amides is 2. The van der Waals surface area contributed by atoms with Crippen molar-refractivity contribution in [2.75, 3.05) is 32.8 Å². The minimum absolute atomic E-state index is 0.0649. The Morgan fingerprint density at radius 3 is 2.34 bits per heavy atom. The van der Waals surface area contributed by atoms with Gasteiger partial charge in [0.05, 0.1) is 17.0 Å². The van der Waals surface area contributed by atoms with Crippen LogP contribution in [-0.4, -0.2) is 60.6 Å². The van der Waals surface area contributed by atoms with E-state index in [1.807, 2.05) is 73.7 Å². The van der Waals surface area contributed by atoms with Gasteiger partial charge in [0.15, 0.2) is 0 Å². The van der Waals surface area contributed by atoms with Crippen LogP contribution in [0.3, 0.4) is 0 Å². The Labute approximate surface area is 247 Å². The Morgan fingerprint density at radius 2 is 1.63 bits per heavy atom. The quantitative estimate of drug-likeness (QED) is 0.336. The van der Waals surface area contributed by atoms with Gasteiger partial charge in [-0.3, -0.25) is 9.69 Å². The van der Waals surface area contributed by atoms with E-state index in [0.717, 1.165) is 43.8 Å². The summed E-state index contributed by atoms with van der Waals surface area (Å²) in [6.45, 7) is 5.77. The number of benzene rings is 3. The summed E-state index contributed by atoms with van der Waals surface area (Å²) in [5, 5.41) is 3.97. The lowest BCUT2D eigenvalue weighted by atomic mass is 9.71. The van der Waals surface area contributed by atoms with Crippen molar-refractivity contribution in [3.05, 3.63) is 95.0 Å². The number of likely N-dealkylation sites (tertiary alicyclic amines) is 2. The highest BCUT2D eigenvalue weighted by Crippen LogP contribution is 2.37. The van der Waals surface area contributed by atoms with Gasteiger partial charge in [-0.15, -0.1) is 0 Å². The number of piperidine rings is 2. The second-order valence-corrected chi connectivity index (χ2v) is 11.2. The van der Waals surface area contributed by atoms with Crippen LogP contribution in [0, 0.1) is 0 Å². The second kappa shape index (κ2) is 13.4. The van der Waals surface area contributed by atoms with Gasteiger partial charge in [-0.25, -0.2) is 4.79 Å². The Bertz CT molecular complexity index is 1320. The average Bonchev–Trinajstić information content (AvgIpc) is 3.00. The van der Waals surface area contributed by atoms with E-state index in [4.69, 9.17) is 21.1 Å². The number of ether oxygens (including phenoxy) is 2. The summed E-state index contributed by atoms with van der Waals surface area (Å²) in [6.07, 6.45) is 2.63. The van der Waals surface area contributed by atoms with Crippen molar-refractivity contribution in [2.45, 2.75) is 50.6 Å². The zero-order valence-electron chi connectivity index (χ0n) is 23.6. The van der Waals surface area contributed by atoms with Crippen LogP contribution in [0.25, 0.3) is 0 Å². The van der Waals surface area contributed by atoms with Gasteiger partial charge in [-0.1, -0.05) is 66.2 Å². The van der Waals surface area contributed by atoms with Crippen molar-refractivity contribution in [3.63, 3.8) is 0 Å². The molecule has 2 aliphatic rings. The SMILES string of the molecule is CCOC(=O)N1CCC(C(=O)NC2CCN(Cc3cccc(Oc4ccccc4Cl)c3)CC2)(c2ccccc2)CC1. The maximum absolute atomic E-state index is 13.9. The molecule has 0 atom stereocenters. The second-order valence-electron chi connectivity index (χ2n) is 10.8. The van der Waals surface area contributed by atoms with E-state index in [1.165, 1.54) is 5.56 Å². The van der Waals surface area contributed by atoms with Gasteiger partial charge in [0.2, 0.25) is 5.91 Å². The summed E-state index contributed by atoms with van der Waals surface area (Å²) >= 11 is 6.26. The Balaban J connectivity index is 1.17. The molecule has 41 heavy (non-hydrogen) atoms. The standard InChI is InChI=1S/C33H38ClN3O4/c1-2-40-32(39)37-21-17-33(18-22-37,26-10-4-3-5-11-26)31(38)35-27-15-19-36(20-16-27)24-25-9-8-12-28(23-25)41-30-14-7-6-13-29(30)34/h3-14,23,27H,2,15-22,24H2,1H3,(H,35,38). The predicted molar refractivity (Wildman–Crippen MR) is 160 cm³/mol. The van der Waals surface area contributed by atoms with Crippen molar-refractivity contribution < 1.29 is 19.1 Å². The maximum Gasteiger partial charge on any atom is 0.409 e. The first kappa shape index (κ1) is 29.0. The molecule has 2 heterocycles. The van der Waals surface area contributed by atoms with Crippen molar-refractivity contribution >= 4 is 23.6 Å². The van der Waals surface area contributed by atoms with Crippen molar-refractivity contribution in [3.8, 4) is 11.5 Å². The molecule has 8 heteroatoms. The molecule has 2 fully saturated rings. The molecular weight excluding hydrogens is 538 g/mol. The molecule has 1 N–H and O–H groups in total. The minimum atomic E-state index is -0.649. The van der Waals surface area contributed by atoms with Crippen LogP contribution >= 0.6 is 11.6 Å². The third kappa shape index (κ3) is 7.03. The van der Waals surface area contributed by atoms with Crippen LogP contribution in [-0.2, 0) is 21.5 Å². The molecule has 2 amide bonds. The van der Waals surface area contributed by atoms with Crippen molar-refractivity contribution in [1.29, 1.82) is 0 Å². The molecule has 0 spiro atoms. The summed E-state index contributed by atoms with van der Waals surface area (Å²) in [6, 6.07) is 25.7. The van der Waals surface area contributed by atoms with Crippen LogP contribution in [0.15, 0.2) is 78.9 Å². The molecule has 216 valence electrons. The smallest absolute Gasteiger partial charge is 0.409 e. The lowest BCUT2D eigenvalue weighted by Crippen LogP contribution is -2.55. The molecule has 2 saturated heterocycles. The van der Waals surface area contributed by atoms with Crippen LogP contribution in [0.1, 0.15) is 43.7 Å². The lowest BCUT2D eigenvalue weighted by Gasteiger charge is -2.42. The largest absolute Gasteiger partial charge is 0.456 e. The third-order valence-corrected chi connectivity index (χ3v) is 8.51. The zero-order chi connectivity index (χ0) is 28.7. The molecule has 5 rings (SSSR count). The number of nitrogens with zero attached hydrogens (tertiary/aromatic N) is 2. The molecule has 0 aliphatic carbocycles. The highest BCUT2D eigenvalue weighted by atomic mass is 35.5. The van der Waals surface area contributed by atoms with E-state index in [9.17, 15) is 9.59 Å². The molecule has 0 saturated carbocycles. The van der Waals surface area contributed by atoms with Crippen molar-refractivity contribution in [1.82, 2.24) is 15.1 Å². The number of nitrogens with one attached hydrogen (secondary N) is 1. The fourth-order valence-corrected chi connectivity index (χ4v) is 6.04. The number of rotatable bonds is 8. The molecule has 2 aliphatic heterocycles. The monoisotopic (exact) mass is 575 g/mol. The summed E-state index contributed by atoms with van der Waals surface area (Å²) < 4.78 is 11.2. The fourth-order valence-electron chi connectivity index (χ4n) is 5.87. The molecule has 3 aromatic carbocycles. The van der Waals surface area contributed by atoms with Gasteiger partial charge < -0.3 is 19.7 Å². The van der Waals surface area contributed by atoms with Crippen molar-refractivity contribution in [2.24, 2.45) is 0 Å². The molecule has 7 nitrogen and oxygen atoms in total. The van der Waals surface area contributed by atoms with Gasteiger partial charge in [0, 0.05) is 38.8 Å². The molecular formula is C33H38ClN3O4.